The largest absolute Gasteiger partial charge is 0.495 e. The molecule has 1 heterocycles. The Morgan fingerprint density at radius 3 is 2.61 bits per heavy atom. The maximum Gasteiger partial charge on any atom is 0.314 e. The van der Waals surface area contributed by atoms with Crippen LogP contribution in [0.5, 0.6) is 5.75 Å². The number of carboxylic acids is 1. The molecule has 4 nitrogen and oxygen atoms in total. The summed E-state index contributed by atoms with van der Waals surface area (Å²) in [4.78, 5) is 11.6. The van der Waals surface area contributed by atoms with E-state index in [9.17, 15) is 9.90 Å². The van der Waals surface area contributed by atoms with Gasteiger partial charge in [-0.25, -0.2) is 0 Å². The van der Waals surface area contributed by atoms with Crippen molar-refractivity contribution in [1.82, 2.24) is 5.32 Å². The van der Waals surface area contributed by atoms with Crippen molar-refractivity contribution in [2.75, 3.05) is 20.2 Å². The molecular weight excluding hydrogens is 254 g/mol. The van der Waals surface area contributed by atoms with Crippen LogP contribution in [0.25, 0.3) is 0 Å². The molecule has 0 radical (unpaired) electrons. The molecule has 0 atom stereocenters. The number of carbonyl (C=O) groups is 1. The predicted molar refractivity (Wildman–Crippen MR) is 69.4 cm³/mol. The third-order valence-electron chi connectivity index (χ3n) is 3.57. The van der Waals surface area contributed by atoms with Crippen LogP contribution in [-0.2, 0) is 10.2 Å². The number of hydrogen-bond acceptors (Lipinski definition) is 3. The molecule has 0 aromatic heterocycles. The van der Waals surface area contributed by atoms with Crippen LogP contribution in [0.3, 0.4) is 0 Å². The molecule has 1 saturated heterocycles. The first-order chi connectivity index (χ1) is 8.60. The van der Waals surface area contributed by atoms with E-state index in [1.54, 1.807) is 25.3 Å². The topological polar surface area (TPSA) is 58.6 Å². The SMILES string of the molecule is COc1ccc(C2(C(=O)O)CCNCC2)cc1Cl. The number of rotatable bonds is 3. The molecule has 0 bridgehead atoms. The van der Waals surface area contributed by atoms with Gasteiger partial charge in [0.05, 0.1) is 17.5 Å². The van der Waals surface area contributed by atoms with Gasteiger partial charge in [0.15, 0.2) is 0 Å². The van der Waals surface area contributed by atoms with Crippen molar-refractivity contribution in [3.63, 3.8) is 0 Å². The van der Waals surface area contributed by atoms with E-state index < -0.39 is 11.4 Å². The molecule has 18 heavy (non-hydrogen) atoms. The van der Waals surface area contributed by atoms with Crippen LogP contribution in [0.15, 0.2) is 18.2 Å². The van der Waals surface area contributed by atoms with E-state index in [0.29, 0.717) is 36.7 Å². The number of benzene rings is 1. The minimum atomic E-state index is -0.832. The molecule has 0 amide bonds. The Balaban J connectivity index is 2.43. The van der Waals surface area contributed by atoms with Gasteiger partial charge in [-0.2, -0.15) is 0 Å². The second-order valence-electron chi connectivity index (χ2n) is 4.49. The van der Waals surface area contributed by atoms with Crippen LogP contribution in [-0.4, -0.2) is 31.3 Å². The first kappa shape index (κ1) is 13.2. The van der Waals surface area contributed by atoms with Gasteiger partial charge >= 0.3 is 5.97 Å². The van der Waals surface area contributed by atoms with Crippen LogP contribution in [0.4, 0.5) is 0 Å². The predicted octanol–water partition coefficient (Wildman–Crippen LogP) is 2.05. The number of carboxylic acid groups (broad SMARTS) is 1. The van der Waals surface area contributed by atoms with Gasteiger partial charge in [-0.15, -0.1) is 0 Å². The van der Waals surface area contributed by atoms with Crippen molar-refractivity contribution >= 4 is 17.6 Å². The number of hydrogen-bond donors (Lipinski definition) is 2. The lowest BCUT2D eigenvalue weighted by Gasteiger charge is -2.34. The molecule has 1 aromatic carbocycles. The lowest BCUT2D eigenvalue weighted by atomic mass is 9.73. The van der Waals surface area contributed by atoms with Crippen LogP contribution in [0, 0.1) is 0 Å². The smallest absolute Gasteiger partial charge is 0.314 e. The molecular formula is C13H16ClNO3. The van der Waals surface area contributed by atoms with E-state index in [1.165, 1.54) is 0 Å². The van der Waals surface area contributed by atoms with E-state index in [-0.39, 0.29) is 0 Å². The Kier molecular flexibility index (Phi) is 3.78. The zero-order valence-corrected chi connectivity index (χ0v) is 11.0. The molecule has 2 N–H and O–H groups in total. The summed E-state index contributed by atoms with van der Waals surface area (Å²) >= 11 is 6.08. The van der Waals surface area contributed by atoms with E-state index in [4.69, 9.17) is 16.3 Å². The second kappa shape index (κ2) is 5.16. The highest BCUT2D eigenvalue weighted by atomic mass is 35.5. The highest BCUT2D eigenvalue weighted by Gasteiger charge is 2.41. The van der Waals surface area contributed by atoms with Crippen LogP contribution in [0.2, 0.25) is 5.02 Å². The number of piperidine rings is 1. The van der Waals surface area contributed by atoms with Crippen molar-refractivity contribution in [1.29, 1.82) is 0 Å². The molecule has 0 unspecified atom stereocenters. The fraction of sp³-hybridized carbons (Fsp3) is 0.462. The Labute approximate surface area is 111 Å². The molecule has 98 valence electrons. The average Bonchev–Trinajstić information content (AvgIpc) is 2.39. The van der Waals surface area contributed by atoms with Crippen molar-refractivity contribution in [3.05, 3.63) is 28.8 Å². The fourth-order valence-corrected chi connectivity index (χ4v) is 2.70. The number of methoxy groups -OCH3 is 1. The van der Waals surface area contributed by atoms with E-state index >= 15 is 0 Å². The first-order valence-electron chi connectivity index (χ1n) is 5.88. The lowest BCUT2D eigenvalue weighted by molar-refractivity contribution is -0.145. The minimum Gasteiger partial charge on any atom is -0.495 e. The number of nitrogens with one attached hydrogen (secondary N) is 1. The van der Waals surface area contributed by atoms with E-state index in [0.717, 1.165) is 5.56 Å². The summed E-state index contributed by atoms with van der Waals surface area (Å²) in [7, 11) is 1.54. The summed E-state index contributed by atoms with van der Waals surface area (Å²) in [6.45, 7) is 1.41. The van der Waals surface area contributed by atoms with Crippen LogP contribution >= 0.6 is 11.6 Å². The number of halogens is 1. The van der Waals surface area contributed by atoms with Crippen molar-refractivity contribution in [2.24, 2.45) is 0 Å². The van der Waals surface area contributed by atoms with Crippen molar-refractivity contribution < 1.29 is 14.6 Å². The Morgan fingerprint density at radius 2 is 2.11 bits per heavy atom. The molecule has 1 aliphatic heterocycles. The van der Waals surface area contributed by atoms with Crippen molar-refractivity contribution in [2.45, 2.75) is 18.3 Å². The molecule has 2 rings (SSSR count). The quantitative estimate of drug-likeness (QED) is 0.882. The summed E-state index contributed by atoms with van der Waals surface area (Å²) in [6.07, 6.45) is 1.15. The van der Waals surface area contributed by atoms with E-state index in [2.05, 4.69) is 5.32 Å². The fourth-order valence-electron chi connectivity index (χ4n) is 2.44. The third kappa shape index (κ3) is 2.18. The van der Waals surface area contributed by atoms with Gasteiger partial charge in [0.1, 0.15) is 5.75 Å². The van der Waals surface area contributed by atoms with Gasteiger partial charge in [-0.3, -0.25) is 4.79 Å². The van der Waals surface area contributed by atoms with Gasteiger partial charge < -0.3 is 15.2 Å². The van der Waals surface area contributed by atoms with Crippen LogP contribution < -0.4 is 10.1 Å². The van der Waals surface area contributed by atoms with Gasteiger partial charge in [-0.05, 0) is 43.6 Å². The number of ether oxygens (including phenoxy) is 1. The third-order valence-corrected chi connectivity index (χ3v) is 3.87. The second-order valence-corrected chi connectivity index (χ2v) is 4.89. The summed E-state index contributed by atoms with van der Waals surface area (Å²) in [5.74, 6) is -0.222. The highest BCUT2D eigenvalue weighted by molar-refractivity contribution is 6.32. The monoisotopic (exact) mass is 269 g/mol. The van der Waals surface area contributed by atoms with Gasteiger partial charge in [-0.1, -0.05) is 17.7 Å². The van der Waals surface area contributed by atoms with Crippen molar-refractivity contribution in [3.8, 4) is 5.75 Å². The van der Waals surface area contributed by atoms with E-state index in [1.807, 2.05) is 0 Å². The Bertz CT molecular complexity index is 456. The average molecular weight is 270 g/mol. The maximum absolute atomic E-state index is 11.6. The first-order valence-corrected chi connectivity index (χ1v) is 6.26. The zero-order chi connectivity index (χ0) is 13.2. The molecule has 1 fully saturated rings. The Hall–Kier alpha value is -1.26. The van der Waals surface area contributed by atoms with Gasteiger partial charge in [0, 0.05) is 0 Å². The molecule has 5 heteroatoms. The van der Waals surface area contributed by atoms with Crippen LogP contribution in [0.1, 0.15) is 18.4 Å². The molecule has 0 saturated carbocycles. The molecule has 1 aliphatic rings. The highest BCUT2D eigenvalue weighted by Crippen LogP contribution is 2.37. The maximum atomic E-state index is 11.6. The lowest BCUT2D eigenvalue weighted by Crippen LogP contribution is -2.45. The van der Waals surface area contributed by atoms with Gasteiger partial charge in [0.25, 0.3) is 0 Å². The summed E-state index contributed by atoms with van der Waals surface area (Å²) < 4.78 is 5.09. The normalized spacial score (nSPS) is 18.3. The summed E-state index contributed by atoms with van der Waals surface area (Å²) in [6, 6.07) is 5.23. The minimum absolute atomic E-state index is 0.453. The summed E-state index contributed by atoms with van der Waals surface area (Å²) in [5.41, 5.74) is -0.0801. The number of aliphatic carboxylic acids is 1. The molecule has 1 aromatic rings. The zero-order valence-electron chi connectivity index (χ0n) is 10.2. The molecule has 0 aliphatic carbocycles. The Morgan fingerprint density at radius 1 is 1.44 bits per heavy atom. The summed E-state index contributed by atoms with van der Waals surface area (Å²) in [5, 5.41) is 13.2. The standard InChI is InChI=1S/C13H16ClNO3/c1-18-11-3-2-9(8-10(11)14)13(12(16)17)4-6-15-7-5-13/h2-3,8,15H,4-7H2,1H3,(H,16,17). The van der Waals surface area contributed by atoms with Gasteiger partial charge in [0.2, 0.25) is 0 Å². The molecule has 0 spiro atoms.